The van der Waals surface area contributed by atoms with Crippen molar-refractivity contribution in [3.63, 3.8) is 0 Å². The number of rotatable bonds is 7. The molecule has 0 spiro atoms. The normalized spacial score (nSPS) is 17.5. The van der Waals surface area contributed by atoms with Crippen LogP contribution in [0, 0.1) is 0 Å². The molecule has 1 heterocycles. The number of nitrogens with zero attached hydrogens (tertiary/aromatic N) is 3. The Morgan fingerprint density at radius 1 is 1.21 bits per heavy atom. The van der Waals surface area contributed by atoms with E-state index in [0.717, 1.165) is 50.7 Å². The van der Waals surface area contributed by atoms with Crippen LogP contribution in [0.4, 0.5) is 0 Å². The lowest BCUT2D eigenvalue weighted by molar-refractivity contribution is 0.275. The fourth-order valence-electron chi connectivity index (χ4n) is 3.26. The van der Waals surface area contributed by atoms with E-state index in [1.807, 2.05) is 12.1 Å². The summed E-state index contributed by atoms with van der Waals surface area (Å²) >= 11 is 12.3. The molecule has 0 aliphatic carbocycles. The Balaban J connectivity index is 0.00000392. The highest BCUT2D eigenvalue weighted by Gasteiger charge is 2.13. The van der Waals surface area contributed by atoms with Crippen molar-refractivity contribution in [2.45, 2.75) is 32.7 Å². The molecule has 1 aliphatic heterocycles. The minimum absolute atomic E-state index is 0. The second-order valence-electron chi connectivity index (χ2n) is 7.14. The summed E-state index contributed by atoms with van der Waals surface area (Å²) in [7, 11) is 2.20. The van der Waals surface area contributed by atoms with Gasteiger partial charge >= 0.3 is 0 Å². The van der Waals surface area contributed by atoms with Gasteiger partial charge in [0.15, 0.2) is 5.96 Å². The molecule has 1 atom stereocenters. The van der Waals surface area contributed by atoms with Crippen molar-refractivity contribution in [2.24, 2.45) is 4.99 Å². The second kappa shape index (κ2) is 13.9. The summed E-state index contributed by atoms with van der Waals surface area (Å²) in [4.78, 5) is 9.70. The number of guanidine groups is 1. The first-order valence-corrected chi connectivity index (χ1v) is 10.7. The number of likely N-dealkylation sites (N-methyl/N-ethyl adjacent to an activating group) is 1. The quantitative estimate of drug-likeness (QED) is 0.234. The van der Waals surface area contributed by atoms with Crippen molar-refractivity contribution in [2.75, 3.05) is 52.9 Å². The van der Waals surface area contributed by atoms with Crippen LogP contribution in [0.3, 0.4) is 0 Å². The van der Waals surface area contributed by atoms with Gasteiger partial charge in [-0.25, -0.2) is 0 Å². The number of hydrogen-bond donors (Lipinski definition) is 2. The molecule has 8 heteroatoms. The minimum Gasteiger partial charge on any atom is -0.357 e. The summed E-state index contributed by atoms with van der Waals surface area (Å²) in [5, 5.41) is 8.08. The van der Waals surface area contributed by atoms with Crippen molar-refractivity contribution in [3.8, 4) is 0 Å². The van der Waals surface area contributed by atoms with E-state index in [1.54, 1.807) is 6.07 Å². The van der Waals surface area contributed by atoms with E-state index in [1.165, 1.54) is 19.5 Å². The lowest BCUT2D eigenvalue weighted by atomic mass is 10.1. The predicted molar refractivity (Wildman–Crippen MR) is 133 cm³/mol. The molecule has 1 aromatic rings. The summed E-state index contributed by atoms with van der Waals surface area (Å²) in [5.41, 5.74) is 1.01. The zero-order chi connectivity index (χ0) is 19.6. The van der Waals surface area contributed by atoms with Gasteiger partial charge in [-0.1, -0.05) is 29.3 Å². The number of aliphatic imine (C=N–C) groups is 1. The highest BCUT2D eigenvalue weighted by molar-refractivity contribution is 14.0. The second-order valence-corrected chi connectivity index (χ2v) is 7.99. The molecule has 1 unspecified atom stereocenters. The number of benzene rings is 1. The third-order valence-corrected chi connectivity index (χ3v) is 5.40. The monoisotopic (exact) mass is 541 g/mol. The third kappa shape index (κ3) is 9.03. The molecule has 0 saturated carbocycles. The van der Waals surface area contributed by atoms with E-state index in [4.69, 9.17) is 28.2 Å². The van der Waals surface area contributed by atoms with Crippen LogP contribution < -0.4 is 10.6 Å². The molecule has 5 nitrogen and oxygen atoms in total. The first-order chi connectivity index (χ1) is 13.0. The molecule has 28 heavy (non-hydrogen) atoms. The molecular weight excluding hydrogens is 508 g/mol. The number of hydrogen-bond acceptors (Lipinski definition) is 3. The summed E-state index contributed by atoms with van der Waals surface area (Å²) in [6, 6.07) is 5.65. The largest absolute Gasteiger partial charge is 0.357 e. The van der Waals surface area contributed by atoms with E-state index in [2.05, 4.69) is 41.3 Å². The van der Waals surface area contributed by atoms with Gasteiger partial charge in [-0.15, -0.1) is 24.0 Å². The van der Waals surface area contributed by atoms with Crippen LogP contribution in [-0.4, -0.2) is 68.6 Å². The first kappa shape index (κ1) is 25.8. The predicted octanol–water partition coefficient (Wildman–Crippen LogP) is 4.26. The Morgan fingerprint density at radius 3 is 2.71 bits per heavy atom. The summed E-state index contributed by atoms with van der Waals surface area (Å²) in [6.07, 6.45) is 2.32. The molecule has 2 rings (SSSR count). The zero-order valence-electron chi connectivity index (χ0n) is 17.2. The van der Waals surface area contributed by atoms with Crippen LogP contribution in [0.1, 0.15) is 38.3 Å². The van der Waals surface area contributed by atoms with Gasteiger partial charge in [0.2, 0.25) is 0 Å². The van der Waals surface area contributed by atoms with Crippen LogP contribution in [0.25, 0.3) is 0 Å². The van der Waals surface area contributed by atoms with Crippen LogP contribution >= 0.6 is 47.2 Å². The van der Waals surface area contributed by atoms with Crippen molar-refractivity contribution in [1.82, 2.24) is 20.4 Å². The molecule has 1 aromatic carbocycles. The van der Waals surface area contributed by atoms with Crippen LogP contribution in [0.2, 0.25) is 10.0 Å². The first-order valence-electron chi connectivity index (χ1n) is 9.90. The fourth-order valence-corrected chi connectivity index (χ4v) is 3.84. The molecule has 160 valence electrons. The Hall–Kier alpha value is -0.280. The number of nitrogens with one attached hydrogen (secondary N) is 2. The van der Waals surface area contributed by atoms with Gasteiger partial charge in [0, 0.05) is 36.2 Å². The van der Waals surface area contributed by atoms with Crippen molar-refractivity contribution < 1.29 is 0 Å². The van der Waals surface area contributed by atoms with Gasteiger partial charge in [-0.2, -0.15) is 0 Å². The maximum absolute atomic E-state index is 6.33. The van der Waals surface area contributed by atoms with Crippen LogP contribution in [0.5, 0.6) is 0 Å². The Labute approximate surface area is 197 Å². The Bertz CT molecular complexity index is 614. The van der Waals surface area contributed by atoms with Crippen molar-refractivity contribution in [1.29, 1.82) is 0 Å². The standard InChI is InChI=1S/C20H33Cl2N5.HI/c1-4-23-20(25-16(2)18-8-7-17(21)15-19(18)22)24-9-5-11-27-12-6-10-26(3)13-14-27;/h7-8,15-16H,4-6,9-14H2,1-3H3,(H2,23,24,25);1H. The number of halogens is 3. The Kier molecular flexibility index (Phi) is 12.7. The molecule has 0 amide bonds. The molecular formula is C20H34Cl2IN5. The highest BCUT2D eigenvalue weighted by atomic mass is 127. The summed E-state index contributed by atoms with van der Waals surface area (Å²) in [5.74, 6) is 0.826. The van der Waals surface area contributed by atoms with Gasteiger partial charge in [-0.05, 0) is 71.1 Å². The van der Waals surface area contributed by atoms with Crippen LogP contribution in [0.15, 0.2) is 23.2 Å². The maximum atomic E-state index is 6.33. The molecule has 1 saturated heterocycles. The smallest absolute Gasteiger partial charge is 0.191 e. The third-order valence-electron chi connectivity index (χ3n) is 4.84. The molecule has 1 aliphatic rings. The lowest BCUT2D eigenvalue weighted by Crippen LogP contribution is -2.39. The summed E-state index contributed by atoms with van der Waals surface area (Å²) < 4.78 is 0. The van der Waals surface area contributed by atoms with Crippen molar-refractivity contribution >= 4 is 53.1 Å². The lowest BCUT2D eigenvalue weighted by Gasteiger charge is -2.20. The fraction of sp³-hybridized carbons (Fsp3) is 0.650. The van der Waals surface area contributed by atoms with E-state index < -0.39 is 0 Å². The van der Waals surface area contributed by atoms with Gasteiger partial charge in [0.25, 0.3) is 0 Å². The van der Waals surface area contributed by atoms with E-state index >= 15 is 0 Å². The molecule has 0 bridgehead atoms. The SMILES string of the molecule is CCNC(=NCCCN1CCCN(C)CC1)NC(C)c1ccc(Cl)cc1Cl.I. The molecule has 1 fully saturated rings. The maximum Gasteiger partial charge on any atom is 0.191 e. The van der Waals surface area contributed by atoms with Gasteiger partial charge in [-0.3, -0.25) is 4.99 Å². The molecule has 2 N–H and O–H groups in total. The topological polar surface area (TPSA) is 42.9 Å². The Morgan fingerprint density at radius 2 is 2.00 bits per heavy atom. The van der Waals surface area contributed by atoms with Gasteiger partial charge < -0.3 is 20.4 Å². The van der Waals surface area contributed by atoms with E-state index in [9.17, 15) is 0 Å². The van der Waals surface area contributed by atoms with Gasteiger partial charge in [0.1, 0.15) is 0 Å². The van der Waals surface area contributed by atoms with Crippen molar-refractivity contribution in [3.05, 3.63) is 33.8 Å². The zero-order valence-corrected chi connectivity index (χ0v) is 21.0. The average Bonchev–Trinajstić information content (AvgIpc) is 2.83. The highest BCUT2D eigenvalue weighted by Crippen LogP contribution is 2.25. The summed E-state index contributed by atoms with van der Waals surface area (Å²) in [6.45, 7) is 11.6. The average molecular weight is 542 g/mol. The molecule has 0 radical (unpaired) electrons. The van der Waals surface area contributed by atoms with E-state index in [-0.39, 0.29) is 30.0 Å². The molecule has 0 aromatic heterocycles. The van der Waals surface area contributed by atoms with Crippen LogP contribution in [-0.2, 0) is 0 Å². The van der Waals surface area contributed by atoms with E-state index in [0.29, 0.717) is 10.0 Å². The van der Waals surface area contributed by atoms with Gasteiger partial charge in [0.05, 0.1) is 6.04 Å². The minimum atomic E-state index is 0.